The van der Waals surface area contributed by atoms with Crippen LogP contribution in [0.4, 0.5) is 0 Å². The van der Waals surface area contributed by atoms with E-state index in [1.54, 1.807) is 33.0 Å². The minimum Gasteiger partial charge on any atom is -0.351 e. The van der Waals surface area contributed by atoms with E-state index in [0.29, 0.717) is 18.7 Å². The van der Waals surface area contributed by atoms with Crippen LogP contribution in [0.2, 0.25) is 0 Å². The summed E-state index contributed by atoms with van der Waals surface area (Å²) >= 11 is 0. The molecule has 1 amide bonds. The average molecular weight is 336 g/mol. The molecule has 6 nitrogen and oxygen atoms in total. The van der Waals surface area contributed by atoms with E-state index in [0.717, 1.165) is 0 Å². The fourth-order valence-electron chi connectivity index (χ4n) is 1.59. The van der Waals surface area contributed by atoms with Crippen LogP contribution in [0.5, 0.6) is 0 Å². The van der Waals surface area contributed by atoms with Crippen LogP contribution < -0.4 is 15.4 Å². The fourth-order valence-corrected chi connectivity index (χ4v) is 2.88. The van der Waals surface area contributed by atoms with Crippen molar-refractivity contribution in [3.05, 3.63) is 29.8 Å². The standard InChI is InChI=1S/C13H21N3O3S.ClH/c1-10(2)16-20(18,19)12-6-4-5-11(9-12)13(17)15-8-7-14-3;/h4-6,9-10,14,16H,7-8H2,1-3H3,(H,15,17);1H. The second kappa shape index (κ2) is 8.99. The SMILES string of the molecule is CNCCNC(=O)c1cccc(S(=O)(=O)NC(C)C)c1.Cl. The predicted octanol–water partition coefficient (Wildman–Crippen LogP) is 0.744. The van der Waals surface area contributed by atoms with E-state index in [9.17, 15) is 13.2 Å². The Morgan fingerprint density at radius 3 is 2.48 bits per heavy atom. The van der Waals surface area contributed by atoms with Crippen molar-refractivity contribution in [1.82, 2.24) is 15.4 Å². The van der Waals surface area contributed by atoms with Gasteiger partial charge in [-0.05, 0) is 39.1 Å². The van der Waals surface area contributed by atoms with E-state index in [1.165, 1.54) is 12.1 Å². The second-order valence-corrected chi connectivity index (χ2v) is 6.38. The highest BCUT2D eigenvalue weighted by atomic mass is 35.5. The Morgan fingerprint density at radius 1 is 1.24 bits per heavy atom. The molecule has 0 radical (unpaired) electrons. The van der Waals surface area contributed by atoms with Gasteiger partial charge in [0.25, 0.3) is 5.91 Å². The molecule has 3 N–H and O–H groups in total. The van der Waals surface area contributed by atoms with Gasteiger partial charge < -0.3 is 10.6 Å². The molecule has 0 bridgehead atoms. The summed E-state index contributed by atoms with van der Waals surface area (Å²) in [5.41, 5.74) is 0.327. The molecule has 0 saturated carbocycles. The van der Waals surface area contributed by atoms with Crippen LogP contribution in [0.3, 0.4) is 0 Å². The predicted molar refractivity (Wildman–Crippen MR) is 85.4 cm³/mol. The van der Waals surface area contributed by atoms with E-state index < -0.39 is 10.0 Å². The minimum atomic E-state index is -3.58. The van der Waals surface area contributed by atoms with E-state index >= 15 is 0 Å². The first-order valence-corrected chi connectivity index (χ1v) is 7.90. The molecule has 1 rings (SSSR count). The lowest BCUT2D eigenvalue weighted by Crippen LogP contribution is -2.32. The summed E-state index contributed by atoms with van der Waals surface area (Å²) in [5.74, 6) is -0.290. The molecule has 0 heterocycles. The highest BCUT2D eigenvalue weighted by molar-refractivity contribution is 7.89. The number of nitrogens with one attached hydrogen (secondary N) is 3. The summed E-state index contributed by atoms with van der Waals surface area (Å²) in [6.07, 6.45) is 0. The molecule has 0 aliphatic carbocycles. The Kier molecular flexibility index (Phi) is 8.50. The molecular formula is C13H22ClN3O3S. The summed E-state index contributed by atoms with van der Waals surface area (Å²) in [6.45, 7) is 4.62. The van der Waals surface area contributed by atoms with Crippen molar-refractivity contribution in [1.29, 1.82) is 0 Å². The van der Waals surface area contributed by atoms with Crippen LogP contribution in [0.25, 0.3) is 0 Å². The number of likely N-dealkylation sites (N-methyl/N-ethyl adjacent to an activating group) is 1. The number of amides is 1. The van der Waals surface area contributed by atoms with Gasteiger partial charge in [-0.25, -0.2) is 13.1 Å². The largest absolute Gasteiger partial charge is 0.351 e. The Balaban J connectivity index is 0.00000400. The monoisotopic (exact) mass is 335 g/mol. The van der Waals surface area contributed by atoms with Crippen molar-refractivity contribution >= 4 is 28.3 Å². The van der Waals surface area contributed by atoms with E-state index in [-0.39, 0.29) is 29.3 Å². The third-order valence-electron chi connectivity index (χ3n) is 2.46. The maximum Gasteiger partial charge on any atom is 0.251 e. The molecule has 0 saturated heterocycles. The van der Waals surface area contributed by atoms with Crippen LogP contribution in [0, 0.1) is 0 Å². The zero-order chi connectivity index (χ0) is 15.2. The zero-order valence-corrected chi connectivity index (χ0v) is 14.0. The molecule has 0 aliphatic heterocycles. The van der Waals surface area contributed by atoms with Crippen molar-refractivity contribution in [2.75, 3.05) is 20.1 Å². The number of carbonyl (C=O) groups excluding carboxylic acids is 1. The molecule has 0 spiro atoms. The first kappa shape index (κ1) is 19.9. The van der Waals surface area contributed by atoms with Crippen LogP contribution >= 0.6 is 12.4 Å². The summed E-state index contributed by atoms with van der Waals surface area (Å²) in [7, 11) is -1.79. The molecule has 21 heavy (non-hydrogen) atoms. The van der Waals surface area contributed by atoms with Gasteiger partial charge in [-0.15, -0.1) is 12.4 Å². The van der Waals surface area contributed by atoms with Crippen LogP contribution in [-0.2, 0) is 10.0 Å². The molecule has 1 aromatic carbocycles. The number of halogens is 1. The van der Waals surface area contributed by atoms with Gasteiger partial charge in [0, 0.05) is 24.7 Å². The van der Waals surface area contributed by atoms with Crippen molar-refractivity contribution in [3.8, 4) is 0 Å². The van der Waals surface area contributed by atoms with Crippen LogP contribution in [0.15, 0.2) is 29.2 Å². The van der Waals surface area contributed by atoms with Gasteiger partial charge in [-0.1, -0.05) is 6.07 Å². The van der Waals surface area contributed by atoms with Crippen molar-refractivity contribution in [2.24, 2.45) is 0 Å². The minimum absolute atomic E-state index is 0. The topological polar surface area (TPSA) is 87.3 Å². The number of hydrogen-bond donors (Lipinski definition) is 3. The maximum absolute atomic E-state index is 12.0. The van der Waals surface area contributed by atoms with E-state index in [2.05, 4.69) is 15.4 Å². The Morgan fingerprint density at radius 2 is 1.90 bits per heavy atom. The third kappa shape index (κ3) is 6.43. The third-order valence-corrected chi connectivity index (χ3v) is 4.11. The van der Waals surface area contributed by atoms with Gasteiger partial charge in [0.15, 0.2) is 0 Å². The van der Waals surface area contributed by atoms with Gasteiger partial charge in [0.2, 0.25) is 10.0 Å². The first-order chi connectivity index (χ1) is 9.36. The number of carbonyl (C=O) groups is 1. The molecule has 0 aromatic heterocycles. The summed E-state index contributed by atoms with van der Waals surface area (Å²) in [5, 5.41) is 5.61. The molecule has 8 heteroatoms. The van der Waals surface area contributed by atoms with Crippen molar-refractivity contribution in [3.63, 3.8) is 0 Å². The molecule has 0 fully saturated rings. The van der Waals surface area contributed by atoms with Gasteiger partial charge in [-0.2, -0.15) is 0 Å². The van der Waals surface area contributed by atoms with Gasteiger partial charge in [0.1, 0.15) is 0 Å². The molecular weight excluding hydrogens is 314 g/mol. The average Bonchev–Trinajstić information content (AvgIpc) is 2.37. The molecule has 0 unspecified atom stereocenters. The van der Waals surface area contributed by atoms with Gasteiger partial charge >= 0.3 is 0 Å². The highest BCUT2D eigenvalue weighted by Crippen LogP contribution is 2.12. The fraction of sp³-hybridized carbons (Fsp3) is 0.462. The van der Waals surface area contributed by atoms with Crippen LogP contribution in [-0.4, -0.2) is 40.5 Å². The zero-order valence-electron chi connectivity index (χ0n) is 12.3. The lowest BCUT2D eigenvalue weighted by atomic mass is 10.2. The summed E-state index contributed by atoms with van der Waals surface area (Å²) in [6, 6.07) is 5.78. The van der Waals surface area contributed by atoms with Gasteiger partial charge in [-0.3, -0.25) is 4.79 Å². The van der Waals surface area contributed by atoms with E-state index in [4.69, 9.17) is 0 Å². The Bertz CT molecular complexity index is 562. The Labute approximate surface area is 132 Å². The van der Waals surface area contributed by atoms with Crippen molar-refractivity contribution in [2.45, 2.75) is 24.8 Å². The summed E-state index contributed by atoms with van der Waals surface area (Å²) < 4.78 is 26.5. The molecule has 120 valence electrons. The molecule has 0 atom stereocenters. The quantitative estimate of drug-likeness (QED) is 0.641. The number of rotatable bonds is 7. The molecule has 0 aliphatic rings. The first-order valence-electron chi connectivity index (χ1n) is 6.42. The van der Waals surface area contributed by atoms with Gasteiger partial charge in [0.05, 0.1) is 4.90 Å². The highest BCUT2D eigenvalue weighted by Gasteiger charge is 2.17. The summed E-state index contributed by atoms with van der Waals surface area (Å²) in [4.78, 5) is 12.0. The smallest absolute Gasteiger partial charge is 0.251 e. The van der Waals surface area contributed by atoms with Crippen molar-refractivity contribution < 1.29 is 13.2 Å². The maximum atomic E-state index is 12.0. The lowest BCUT2D eigenvalue weighted by Gasteiger charge is -2.10. The molecule has 1 aromatic rings. The number of sulfonamides is 1. The Hall–Kier alpha value is -1.15. The second-order valence-electron chi connectivity index (χ2n) is 4.66. The lowest BCUT2D eigenvalue weighted by molar-refractivity contribution is 0.0954. The van der Waals surface area contributed by atoms with Crippen LogP contribution in [0.1, 0.15) is 24.2 Å². The van der Waals surface area contributed by atoms with E-state index in [1.807, 2.05) is 0 Å². The normalized spacial score (nSPS) is 11.0. The number of benzene rings is 1. The number of hydrogen-bond acceptors (Lipinski definition) is 4.